The van der Waals surface area contributed by atoms with Gasteiger partial charge >= 0.3 is 0 Å². The summed E-state index contributed by atoms with van der Waals surface area (Å²) in [5.74, 6) is -2.29. The lowest BCUT2D eigenvalue weighted by Gasteiger charge is -2.29. The average molecular weight is 287 g/mol. The van der Waals surface area contributed by atoms with Crippen molar-refractivity contribution in [3.63, 3.8) is 0 Å². The molecule has 0 aromatic heterocycles. The molecule has 1 rings (SSSR count). The first-order chi connectivity index (χ1) is 9.33. The lowest BCUT2D eigenvalue weighted by atomic mass is 9.98. The molecule has 20 heavy (non-hydrogen) atoms. The number of ether oxygens (including phenoxy) is 1. The van der Waals surface area contributed by atoms with Crippen LogP contribution in [0, 0.1) is 18.6 Å². The van der Waals surface area contributed by atoms with Crippen LogP contribution in [0.15, 0.2) is 12.1 Å². The summed E-state index contributed by atoms with van der Waals surface area (Å²) in [5.41, 5.74) is -0.869. The third kappa shape index (κ3) is 3.98. The van der Waals surface area contributed by atoms with Gasteiger partial charge in [0.15, 0.2) is 0 Å². The molecule has 0 heterocycles. The van der Waals surface area contributed by atoms with Gasteiger partial charge in [0, 0.05) is 19.8 Å². The summed E-state index contributed by atoms with van der Waals surface area (Å²) in [6.45, 7) is 3.15. The third-order valence-corrected chi connectivity index (χ3v) is 3.03. The molecule has 1 amide bonds. The molecule has 0 aliphatic rings. The van der Waals surface area contributed by atoms with Gasteiger partial charge in [-0.1, -0.05) is 0 Å². The SMILES string of the molecule is COC[C@](C)(CCO)NC(=O)c1cc(C)c(F)cc1F. The Labute approximate surface area is 116 Å². The van der Waals surface area contributed by atoms with E-state index >= 15 is 0 Å². The van der Waals surface area contributed by atoms with E-state index in [1.807, 2.05) is 0 Å². The number of rotatable bonds is 6. The van der Waals surface area contributed by atoms with Crippen LogP contribution < -0.4 is 5.32 Å². The van der Waals surface area contributed by atoms with E-state index in [2.05, 4.69) is 5.32 Å². The highest BCUT2D eigenvalue weighted by atomic mass is 19.1. The van der Waals surface area contributed by atoms with Crippen LogP contribution in [0.25, 0.3) is 0 Å². The lowest BCUT2D eigenvalue weighted by molar-refractivity contribution is 0.0722. The quantitative estimate of drug-likeness (QED) is 0.838. The van der Waals surface area contributed by atoms with Crippen molar-refractivity contribution in [1.29, 1.82) is 0 Å². The predicted molar refractivity (Wildman–Crippen MR) is 70.5 cm³/mol. The number of benzene rings is 1. The number of hydrogen-bond acceptors (Lipinski definition) is 3. The van der Waals surface area contributed by atoms with Crippen molar-refractivity contribution in [1.82, 2.24) is 5.32 Å². The fraction of sp³-hybridized carbons (Fsp3) is 0.500. The molecule has 0 radical (unpaired) electrons. The zero-order valence-corrected chi connectivity index (χ0v) is 11.8. The van der Waals surface area contributed by atoms with Crippen LogP contribution in [0.1, 0.15) is 29.3 Å². The van der Waals surface area contributed by atoms with Crippen molar-refractivity contribution in [2.24, 2.45) is 0 Å². The smallest absolute Gasteiger partial charge is 0.254 e. The molecule has 0 spiro atoms. The van der Waals surface area contributed by atoms with Crippen LogP contribution in [0.5, 0.6) is 0 Å². The summed E-state index contributed by atoms with van der Waals surface area (Å²) in [4.78, 5) is 12.1. The highest BCUT2D eigenvalue weighted by Crippen LogP contribution is 2.17. The number of halogens is 2. The Morgan fingerprint density at radius 2 is 2.05 bits per heavy atom. The number of nitrogens with one attached hydrogen (secondary N) is 1. The summed E-state index contributed by atoms with van der Waals surface area (Å²) >= 11 is 0. The predicted octanol–water partition coefficient (Wildman–Crippen LogP) is 1.79. The molecule has 0 aliphatic heterocycles. The number of amides is 1. The highest BCUT2D eigenvalue weighted by Gasteiger charge is 2.27. The summed E-state index contributed by atoms with van der Waals surface area (Å²) in [6, 6.07) is 1.84. The minimum Gasteiger partial charge on any atom is -0.396 e. The molecule has 112 valence electrons. The Morgan fingerprint density at radius 3 is 2.60 bits per heavy atom. The van der Waals surface area contributed by atoms with E-state index in [9.17, 15) is 13.6 Å². The topological polar surface area (TPSA) is 58.6 Å². The maximum Gasteiger partial charge on any atom is 0.254 e. The minimum absolute atomic E-state index is 0.148. The van der Waals surface area contributed by atoms with Crippen molar-refractivity contribution in [3.05, 3.63) is 34.9 Å². The van der Waals surface area contributed by atoms with Gasteiger partial charge in [-0.25, -0.2) is 8.78 Å². The van der Waals surface area contributed by atoms with Crippen LogP contribution >= 0.6 is 0 Å². The van der Waals surface area contributed by atoms with Crippen LogP contribution in [-0.2, 0) is 4.74 Å². The zero-order valence-electron chi connectivity index (χ0n) is 11.8. The Hall–Kier alpha value is -1.53. The van der Waals surface area contributed by atoms with Gasteiger partial charge in [-0.2, -0.15) is 0 Å². The number of aryl methyl sites for hydroxylation is 1. The fourth-order valence-electron chi connectivity index (χ4n) is 1.91. The Kier molecular flexibility index (Phi) is 5.59. The van der Waals surface area contributed by atoms with E-state index in [0.717, 1.165) is 6.07 Å². The van der Waals surface area contributed by atoms with Crippen molar-refractivity contribution < 1.29 is 23.4 Å². The van der Waals surface area contributed by atoms with Crippen molar-refractivity contribution >= 4 is 5.91 Å². The van der Waals surface area contributed by atoms with E-state index < -0.39 is 23.1 Å². The first kappa shape index (κ1) is 16.5. The molecule has 1 atom stereocenters. The number of carbonyl (C=O) groups excluding carboxylic acids is 1. The molecule has 1 aromatic rings. The molecule has 0 unspecified atom stereocenters. The van der Waals surface area contributed by atoms with Gasteiger partial charge in [0.05, 0.1) is 17.7 Å². The van der Waals surface area contributed by atoms with Gasteiger partial charge in [-0.15, -0.1) is 0 Å². The van der Waals surface area contributed by atoms with Gasteiger partial charge in [0.25, 0.3) is 5.91 Å². The molecular formula is C14H19F2NO3. The minimum atomic E-state index is -0.922. The van der Waals surface area contributed by atoms with E-state index in [0.29, 0.717) is 6.07 Å². The highest BCUT2D eigenvalue weighted by molar-refractivity contribution is 5.95. The summed E-state index contributed by atoms with van der Waals surface area (Å²) < 4.78 is 31.8. The van der Waals surface area contributed by atoms with E-state index in [1.54, 1.807) is 6.92 Å². The van der Waals surface area contributed by atoms with Gasteiger partial charge in [-0.05, 0) is 31.9 Å². The summed E-state index contributed by atoms with van der Waals surface area (Å²) in [6.07, 6.45) is 0.258. The monoisotopic (exact) mass is 287 g/mol. The molecule has 0 saturated heterocycles. The second-order valence-corrected chi connectivity index (χ2v) is 5.00. The normalized spacial score (nSPS) is 13.9. The second kappa shape index (κ2) is 6.76. The molecule has 0 bridgehead atoms. The van der Waals surface area contributed by atoms with Crippen molar-refractivity contribution in [2.75, 3.05) is 20.3 Å². The first-order valence-electron chi connectivity index (χ1n) is 6.21. The summed E-state index contributed by atoms with van der Waals surface area (Å²) in [5, 5.41) is 11.6. The van der Waals surface area contributed by atoms with Crippen LogP contribution in [0.2, 0.25) is 0 Å². The molecule has 2 N–H and O–H groups in total. The Balaban J connectivity index is 2.97. The number of carbonyl (C=O) groups is 1. The number of hydrogen-bond donors (Lipinski definition) is 2. The van der Waals surface area contributed by atoms with Gasteiger partial charge < -0.3 is 15.2 Å². The van der Waals surface area contributed by atoms with Crippen molar-refractivity contribution in [3.8, 4) is 0 Å². The van der Waals surface area contributed by atoms with Gasteiger partial charge in [-0.3, -0.25) is 4.79 Å². The molecule has 4 nitrogen and oxygen atoms in total. The molecule has 6 heteroatoms. The maximum atomic E-state index is 13.6. The second-order valence-electron chi connectivity index (χ2n) is 5.00. The largest absolute Gasteiger partial charge is 0.396 e. The molecule has 0 aliphatic carbocycles. The number of aliphatic hydroxyl groups is 1. The van der Waals surface area contributed by atoms with Gasteiger partial charge in [0.1, 0.15) is 11.6 Å². The Morgan fingerprint density at radius 1 is 1.40 bits per heavy atom. The molecule has 0 fully saturated rings. The zero-order chi connectivity index (χ0) is 15.3. The van der Waals surface area contributed by atoms with Crippen LogP contribution in [-0.4, -0.2) is 36.9 Å². The fourth-order valence-corrected chi connectivity index (χ4v) is 1.91. The van der Waals surface area contributed by atoms with Gasteiger partial charge in [0.2, 0.25) is 0 Å². The number of methoxy groups -OCH3 is 1. The summed E-state index contributed by atoms with van der Waals surface area (Å²) in [7, 11) is 1.46. The first-order valence-corrected chi connectivity index (χ1v) is 6.21. The van der Waals surface area contributed by atoms with Crippen LogP contribution in [0.4, 0.5) is 8.78 Å². The van der Waals surface area contributed by atoms with Crippen molar-refractivity contribution in [2.45, 2.75) is 25.8 Å². The Bertz CT molecular complexity index is 486. The van der Waals surface area contributed by atoms with E-state index in [4.69, 9.17) is 9.84 Å². The maximum absolute atomic E-state index is 13.6. The van der Waals surface area contributed by atoms with E-state index in [1.165, 1.54) is 14.0 Å². The number of aliphatic hydroxyl groups excluding tert-OH is 1. The molecule has 1 aromatic carbocycles. The van der Waals surface area contributed by atoms with Crippen LogP contribution in [0.3, 0.4) is 0 Å². The molecular weight excluding hydrogens is 268 g/mol. The molecule has 0 saturated carbocycles. The average Bonchev–Trinajstić information content (AvgIpc) is 2.33. The third-order valence-electron chi connectivity index (χ3n) is 3.03. The standard InChI is InChI=1S/C14H19F2NO3/c1-9-6-10(12(16)7-11(9)15)13(19)17-14(2,4-5-18)8-20-3/h6-7,18H,4-5,8H2,1-3H3,(H,17,19)/t14-/m0/s1. The lowest BCUT2D eigenvalue weighted by Crippen LogP contribution is -2.50. The van der Waals surface area contributed by atoms with E-state index in [-0.39, 0.29) is 30.8 Å².